The molecule has 96 valence electrons. The van der Waals surface area contributed by atoms with Crippen molar-refractivity contribution in [1.82, 2.24) is 4.57 Å². The van der Waals surface area contributed by atoms with Crippen LogP contribution in [0, 0.1) is 0 Å². The van der Waals surface area contributed by atoms with Crippen LogP contribution < -0.4 is 4.87 Å². The highest BCUT2D eigenvalue weighted by Gasteiger charge is 2.12. The van der Waals surface area contributed by atoms with Gasteiger partial charge in [-0.05, 0) is 19.3 Å². The highest BCUT2D eigenvalue weighted by Crippen LogP contribution is 2.16. The Kier molecular flexibility index (Phi) is 5.41. The number of hydrogen-bond donors (Lipinski definition) is 1. The van der Waals surface area contributed by atoms with E-state index in [1.807, 2.05) is 6.92 Å². The summed E-state index contributed by atoms with van der Waals surface area (Å²) in [4.78, 5) is 23.5. The van der Waals surface area contributed by atoms with Gasteiger partial charge >= 0.3 is 10.8 Å². The number of carboxylic acids is 1. The number of nitrogens with zero attached hydrogens (tertiary/aromatic N) is 1. The summed E-state index contributed by atoms with van der Waals surface area (Å²) in [5.41, 5.74) is 1.11. The van der Waals surface area contributed by atoms with Crippen molar-refractivity contribution in [3.8, 4) is 0 Å². The molecule has 0 aliphatic carbocycles. The summed E-state index contributed by atoms with van der Waals surface area (Å²) >= 11 is 1.30. The molecule has 1 heterocycles. The van der Waals surface area contributed by atoms with Crippen molar-refractivity contribution in [2.24, 2.45) is 0 Å². The Morgan fingerprint density at radius 3 is 2.65 bits per heavy atom. The average Bonchev–Trinajstić information content (AvgIpc) is 2.57. The molecule has 17 heavy (non-hydrogen) atoms. The molecule has 4 nitrogen and oxygen atoms in total. The lowest BCUT2D eigenvalue weighted by Gasteiger charge is -2.07. The second-order valence-corrected chi connectivity index (χ2v) is 5.04. The molecule has 1 rings (SSSR count). The van der Waals surface area contributed by atoms with Crippen LogP contribution in [0.3, 0.4) is 0 Å². The van der Waals surface area contributed by atoms with Gasteiger partial charge in [-0.25, -0.2) is 0 Å². The van der Waals surface area contributed by atoms with Gasteiger partial charge in [0.2, 0.25) is 0 Å². The second kappa shape index (κ2) is 6.59. The molecule has 0 aliphatic rings. The van der Waals surface area contributed by atoms with E-state index in [1.54, 1.807) is 4.57 Å². The quantitative estimate of drug-likeness (QED) is 0.815. The van der Waals surface area contributed by atoms with Crippen LogP contribution in [0.15, 0.2) is 4.79 Å². The minimum absolute atomic E-state index is 0.0516. The first kappa shape index (κ1) is 14.0. The van der Waals surface area contributed by atoms with Gasteiger partial charge in [-0.2, -0.15) is 0 Å². The summed E-state index contributed by atoms with van der Waals surface area (Å²) in [5.74, 6) is -0.805. The molecule has 0 amide bonds. The van der Waals surface area contributed by atoms with E-state index in [2.05, 4.69) is 6.92 Å². The molecule has 0 aromatic carbocycles. The molecule has 0 unspecified atom stereocenters. The monoisotopic (exact) mass is 257 g/mol. The zero-order chi connectivity index (χ0) is 12.8. The van der Waals surface area contributed by atoms with Gasteiger partial charge in [-0.15, -0.1) is 0 Å². The van der Waals surface area contributed by atoms with Gasteiger partial charge in [0.25, 0.3) is 0 Å². The molecule has 0 bridgehead atoms. The number of thiazole rings is 1. The fraction of sp³-hybridized carbons (Fsp3) is 0.667. The van der Waals surface area contributed by atoms with Crippen molar-refractivity contribution in [3.63, 3.8) is 0 Å². The summed E-state index contributed by atoms with van der Waals surface area (Å²) in [5, 5.41) is 8.60. The summed E-state index contributed by atoms with van der Waals surface area (Å²) in [6, 6.07) is 0. The van der Waals surface area contributed by atoms with Crippen LogP contribution in [-0.4, -0.2) is 15.6 Å². The van der Waals surface area contributed by atoms with Gasteiger partial charge in [0.05, 0.1) is 0 Å². The Morgan fingerprint density at radius 2 is 2.12 bits per heavy atom. The minimum Gasteiger partial charge on any atom is -0.481 e. The normalized spacial score (nSPS) is 10.7. The number of aliphatic carboxylic acids is 1. The molecule has 0 radical (unpaired) electrons. The van der Waals surface area contributed by atoms with Crippen molar-refractivity contribution in [1.29, 1.82) is 0 Å². The van der Waals surface area contributed by atoms with Gasteiger partial charge in [0.1, 0.15) is 0 Å². The maximum absolute atomic E-state index is 11.8. The number of carboxylic acid groups (broad SMARTS) is 1. The predicted molar refractivity (Wildman–Crippen MR) is 68.8 cm³/mol. The van der Waals surface area contributed by atoms with Crippen LogP contribution >= 0.6 is 11.3 Å². The Labute approximate surface area is 105 Å². The molecule has 0 spiro atoms. The summed E-state index contributed by atoms with van der Waals surface area (Å²) in [7, 11) is 0. The van der Waals surface area contributed by atoms with Gasteiger partial charge < -0.3 is 9.67 Å². The van der Waals surface area contributed by atoms with Crippen LogP contribution in [0.2, 0.25) is 0 Å². The van der Waals surface area contributed by atoms with E-state index in [9.17, 15) is 9.59 Å². The molecule has 0 fully saturated rings. The lowest BCUT2D eigenvalue weighted by molar-refractivity contribution is -0.137. The molecule has 1 aromatic heterocycles. The number of rotatable bonds is 7. The van der Waals surface area contributed by atoms with Gasteiger partial charge in [0, 0.05) is 23.5 Å². The van der Waals surface area contributed by atoms with Crippen molar-refractivity contribution in [2.45, 2.75) is 52.5 Å². The van der Waals surface area contributed by atoms with Crippen LogP contribution in [0.1, 0.15) is 43.7 Å². The van der Waals surface area contributed by atoms with Crippen LogP contribution in [0.4, 0.5) is 0 Å². The number of carbonyl (C=O) groups is 1. The Morgan fingerprint density at radius 1 is 1.41 bits per heavy atom. The molecular formula is C12H19NO3S. The SMILES string of the molecule is CCCc1c(CC)sc(=O)n1CCCC(=O)O. The van der Waals surface area contributed by atoms with Crippen molar-refractivity contribution >= 4 is 17.3 Å². The van der Waals surface area contributed by atoms with Gasteiger partial charge in [0.15, 0.2) is 0 Å². The van der Waals surface area contributed by atoms with E-state index in [0.29, 0.717) is 13.0 Å². The maximum atomic E-state index is 11.8. The Hall–Kier alpha value is -1.10. The van der Waals surface area contributed by atoms with E-state index in [4.69, 9.17) is 5.11 Å². The molecule has 0 saturated carbocycles. The number of aryl methyl sites for hydroxylation is 1. The Balaban J connectivity index is 2.84. The molecule has 1 aromatic rings. The molecule has 0 atom stereocenters. The van der Waals surface area contributed by atoms with E-state index >= 15 is 0 Å². The summed E-state index contributed by atoms with van der Waals surface area (Å²) < 4.78 is 1.76. The fourth-order valence-corrected chi connectivity index (χ4v) is 2.88. The molecular weight excluding hydrogens is 238 g/mol. The number of hydrogen-bond acceptors (Lipinski definition) is 3. The van der Waals surface area contributed by atoms with E-state index in [0.717, 1.165) is 29.8 Å². The second-order valence-electron chi connectivity index (χ2n) is 3.99. The van der Waals surface area contributed by atoms with E-state index in [1.165, 1.54) is 11.3 Å². The smallest absolute Gasteiger partial charge is 0.307 e. The number of aromatic nitrogens is 1. The lowest BCUT2D eigenvalue weighted by atomic mass is 10.2. The predicted octanol–water partition coefficient (Wildman–Crippen LogP) is 2.29. The Bertz CT molecular complexity index is 433. The first-order valence-corrected chi connectivity index (χ1v) is 6.84. The third-order valence-electron chi connectivity index (χ3n) is 2.66. The zero-order valence-electron chi connectivity index (χ0n) is 10.4. The molecule has 5 heteroatoms. The lowest BCUT2D eigenvalue weighted by Crippen LogP contribution is -2.17. The summed E-state index contributed by atoms with van der Waals surface area (Å²) in [6.07, 6.45) is 3.42. The third kappa shape index (κ3) is 3.70. The first-order valence-electron chi connectivity index (χ1n) is 6.03. The van der Waals surface area contributed by atoms with Crippen LogP contribution in [-0.2, 0) is 24.2 Å². The van der Waals surface area contributed by atoms with Crippen molar-refractivity contribution < 1.29 is 9.90 Å². The third-order valence-corrected chi connectivity index (χ3v) is 3.82. The van der Waals surface area contributed by atoms with Gasteiger partial charge in [-0.1, -0.05) is 31.6 Å². The maximum Gasteiger partial charge on any atom is 0.307 e. The van der Waals surface area contributed by atoms with Crippen LogP contribution in [0.25, 0.3) is 0 Å². The standard InChI is InChI=1S/C12H19NO3S/c1-3-6-9-10(4-2)17-12(16)13(9)8-5-7-11(14)15/h3-8H2,1-2H3,(H,14,15). The molecule has 1 N–H and O–H groups in total. The van der Waals surface area contributed by atoms with Crippen molar-refractivity contribution in [3.05, 3.63) is 20.2 Å². The highest BCUT2D eigenvalue weighted by molar-refractivity contribution is 7.09. The van der Waals surface area contributed by atoms with Gasteiger partial charge in [-0.3, -0.25) is 9.59 Å². The first-order chi connectivity index (χ1) is 8.10. The van der Waals surface area contributed by atoms with Crippen LogP contribution in [0.5, 0.6) is 0 Å². The van der Waals surface area contributed by atoms with Crippen molar-refractivity contribution in [2.75, 3.05) is 0 Å². The zero-order valence-corrected chi connectivity index (χ0v) is 11.2. The van der Waals surface area contributed by atoms with E-state index in [-0.39, 0.29) is 11.3 Å². The molecule has 0 saturated heterocycles. The fourth-order valence-electron chi connectivity index (χ4n) is 1.88. The highest BCUT2D eigenvalue weighted by atomic mass is 32.1. The topological polar surface area (TPSA) is 59.3 Å². The van der Waals surface area contributed by atoms with E-state index < -0.39 is 5.97 Å². The largest absolute Gasteiger partial charge is 0.481 e. The summed E-state index contributed by atoms with van der Waals surface area (Å²) in [6.45, 7) is 4.66. The molecule has 0 aliphatic heterocycles. The average molecular weight is 257 g/mol. The minimum atomic E-state index is -0.805.